The average molecular weight is 479 g/mol. The van der Waals surface area contributed by atoms with E-state index in [1.165, 1.54) is 11.8 Å². The van der Waals surface area contributed by atoms with E-state index in [9.17, 15) is 9.59 Å². The molecule has 35 heavy (non-hydrogen) atoms. The van der Waals surface area contributed by atoms with Gasteiger partial charge in [-0.1, -0.05) is 12.1 Å². The number of hydrogen-bond donors (Lipinski definition) is 3. The molecule has 4 rings (SSSR count). The number of carbonyl (C=O) groups excluding carboxylic acids is 2. The zero-order valence-electron chi connectivity index (χ0n) is 19.7. The summed E-state index contributed by atoms with van der Waals surface area (Å²) in [5, 5.41) is 23.7. The summed E-state index contributed by atoms with van der Waals surface area (Å²) in [6.07, 6.45) is 7.00. The molecule has 1 atom stereocenters. The topological polar surface area (TPSA) is 148 Å². The SMILES string of the molecule is CC(CCCNC(=O)c1c[nH]nn1)c1ccc(NC(=O)Cc2cc(C3CCOCC3)ccn2)nn1. The molecule has 2 amide bonds. The summed E-state index contributed by atoms with van der Waals surface area (Å²) in [5.41, 5.74) is 3.04. The normalized spacial score (nSPS) is 14.9. The quantitative estimate of drug-likeness (QED) is 0.376. The molecule has 0 bridgehead atoms. The number of carbonyl (C=O) groups is 2. The van der Waals surface area contributed by atoms with Crippen molar-refractivity contribution in [2.75, 3.05) is 25.1 Å². The van der Waals surface area contributed by atoms with Gasteiger partial charge in [-0.25, -0.2) is 0 Å². The van der Waals surface area contributed by atoms with Crippen molar-refractivity contribution in [1.29, 1.82) is 0 Å². The van der Waals surface area contributed by atoms with Gasteiger partial charge in [0.25, 0.3) is 5.91 Å². The number of H-pyrrole nitrogens is 1. The minimum atomic E-state index is -0.253. The Balaban J connectivity index is 1.21. The molecule has 0 aromatic carbocycles. The molecule has 1 unspecified atom stereocenters. The summed E-state index contributed by atoms with van der Waals surface area (Å²) in [6, 6.07) is 7.66. The summed E-state index contributed by atoms with van der Waals surface area (Å²) < 4.78 is 5.44. The smallest absolute Gasteiger partial charge is 0.273 e. The molecule has 1 saturated heterocycles. The first-order chi connectivity index (χ1) is 17.1. The molecule has 1 fully saturated rings. The molecule has 11 heteroatoms. The maximum Gasteiger partial charge on any atom is 0.273 e. The van der Waals surface area contributed by atoms with Gasteiger partial charge >= 0.3 is 0 Å². The van der Waals surface area contributed by atoms with Crippen molar-refractivity contribution in [3.63, 3.8) is 0 Å². The minimum absolute atomic E-state index is 0.160. The first-order valence-electron chi connectivity index (χ1n) is 11.9. The molecule has 0 saturated carbocycles. The Bertz CT molecular complexity index is 1100. The summed E-state index contributed by atoms with van der Waals surface area (Å²) in [7, 11) is 0. The Kier molecular flexibility index (Phi) is 8.44. The highest BCUT2D eigenvalue weighted by Gasteiger charge is 2.17. The number of hydrogen-bond acceptors (Lipinski definition) is 8. The average Bonchev–Trinajstić information content (AvgIpc) is 3.43. The lowest BCUT2D eigenvalue weighted by Gasteiger charge is -2.22. The highest BCUT2D eigenvalue weighted by Crippen LogP contribution is 2.27. The number of aromatic nitrogens is 6. The minimum Gasteiger partial charge on any atom is -0.381 e. The van der Waals surface area contributed by atoms with Crippen LogP contribution in [0.2, 0.25) is 0 Å². The van der Waals surface area contributed by atoms with E-state index in [2.05, 4.69) is 48.1 Å². The van der Waals surface area contributed by atoms with Gasteiger partial charge in [0.1, 0.15) is 0 Å². The van der Waals surface area contributed by atoms with Gasteiger partial charge in [0, 0.05) is 37.6 Å². The van der Waals surface area contributed by atoms with Gasteiger partial charge in [-0.2, -0.15) is 5.10 Å². The van der Waals surface area contributed by atoms with E-state index in [1.807, 2.05) is 18.2 Å². The standard InChI is InChI=1S/C24H30N8O3/c1-16(3-2-9-26-24(34)21-15-27-32-30-21)20-4-5-22(31-29-20)28-23(33)14-19-13-18(6-10-25-19)17-7-11-35-12-8-17/h4-6,10,13,15-17H,2-3,7-9,11-12,14H2,1H3,(H,26,34)(H,27,30,32)(H,28,31,33). The van der Waals surface area contributed by atoms with Crippen LogP contribution >= 0.6 is 0 Å². The second-order valence-electron chi connectivity index (χ2n) is 8.69. The van der Waals surface area contributed by atoms with E-state index in [-0.39, 0.29) is 29.8 Å². The summed E-state index contributed by atoms with van der Waals surface area (Å²) >= 11 is 0. The van der Waals surface area contributed by atoms with E-state index < -0.39 is 0 Å². The van der Waals surface area contributed by atoms with Crippen molar-refractivity contribution in [2.45, 2.75) is 50.9 Å². The van der Waals surface area contributed by atoms with Crippen LogP contribution < -0.4 is 10.6 Å². The van der Waals surface area contributed by atoms with Crippen LogP contribution in [0.15, 0.2) is 36.7 Å². The van der Waals surface area contributed by atoms with Crippen LogP contribution in [0.4, 0.5) is 5.82 Å². The fraction of sp³-hybridized carbons (Fsp3) is 0.458. The van der Waals surface area contributed by atoms with Crippen LogP contribution in [0, 0.1) is 0 Å². The third-order valence-corrected chi connectivity index (χ3v) is 6.08. The Morgan fingerprint density at radius 2 is 2.03 bits per heavy atom. The second-order valence-corrected chi connectivity index (χ2v) is 8.69. The monoisotopic (exact) mass is 478 g/mol. The van der Waals surface area contributed by atoms with Crippen molar-refractivity contribution in [2.24, 2.45) is 0 Å². The highest BCUT2D eigenvalue weighted by atomic mass is 16.5. The van der Waals surface area contributed by atoms with Gasteiger partial charge in [-0.3, -0.25) is 19.7 Å². The van der Waals surface area contributed by atoms with E-state index in [0.29, 0.717) is 18.3 Å². The molecule has 1 aliphatic heterocycles. The predicted octanol–water partition coefficient (Wildman–Crippen LogP) is 2.38. The Morgan fingerprint density at radius 3 is 2.77 bits per heavy atom. The molecule has 3 aromatic rings. The molecule has 11 nitrogen and oxygen atoms in total. The Morgan fingerprint density at radius 1 is 1.17 bits per heavy atom. The van der Waals surface area contributed by atoms with Crippen LogP contribution in [-0.4, -0.2) is 62.2 Å². The molecule has 0 spiro atoms. The molecular weight excluding hydrogens is 448 g/mol. The number of nitrogens with zero attached hydrogens (tertiary/aromatic N) is 5. The molecular formula is C24H30N8O3. The lowest BCUT2D eigenvalue weighted by Crippen LogP contribution is -2.25. The molecule has 184 valence electrons. The van der Waals surface area contributed by atoms with E-state index in [1.54, 1.807) is 12.3 Å². The third kappa shape index (κ3) is 7.12. The van der Waals surface area contributed by atoms with Crippen LogP contribution in [0.25, 0.3) is 0 Å². The molecule has 3 aromatic heterocycles. The highest BCUT2D eigenvalue weighted by molar-refractivity contribution is 5.91. The van der Waals surface area contributed by atoms with Gasteiger partial charge in [-0.05, 0) is 61.4 Å². The number of rotatable bonds is 10. The number of amides is 2. The first-order valence-corrected chi connectivity index (χ1v) is 11.9. The first kappa shape index (κ1) is 24.4. The van der Waals surface area contributed by atoms with Crippen LogP contribution in [0.5, 0.6) is 0 Å². The fourth-order valence-corrected chi connectivity index (χ4v) is 4.06. The maximum atomic E-state index is 12.5. The van der Waals surface area contributed by atoms with E-state index in [4.69, 9.17) is 4.74 Å². The van der Waals surface area contributed by atoms with Crippen molar-refractivity contribution in [1.82, 2.24) is 35.9 Å². The second kappa shape index (κ2) is 12.1. The number of ether oxygens (including phenoxy) is 1. The fourth-order valence-electron chi connectivity index (χ4n) is 4.06. The zero-order chi connectivity index (χ0) is 24.5. The Hall–Kier alpha value is -3.73. The van der Waals surface area contributed by atoms with Crippen LogP contribution in [0.3, 0.4) is 0 Å². The molecule has 1 aliphatic rings. The summed E-state index contributed by atoms with van der Waals surface area (Å²) in [6.45, 7) is 4.13. The van der Waals surface area contributed by atoms with Crippen molar-refractivity contribution in [3.8, 4) is 0 Å². The predicted molar refractivity (Wildman–Crippen MR) is 128 cm³/mol. The number of pyridine rings is 1. The largest absolute Gasteiger partial charge is 0.381 e. The number of aromatic amines is 1. The summed E-state index contributed by atoms with van der Waals surface area (Å²) in [4.78, 5) is 28.7. The lowest BCUT2D eigenvalue weighted by molar-refractivity contribution is -0.115. The van der Waals surface area contributed by atoms with E-state index >= 15 is 0 Å². The third-order valence-electron chi connectivity index (χ3n) is 6.08. The Labute approximate surface area is 203 Å². The lowest BCUT2D eigenvalue weighted by atomic mass is 9.92. The van der Waals surface area contributed by atoms with Gasteiger partial charge in [0.05, 0.1) is 18.3 Å². The van der Waals surface area contributed by atoms with Crippen LogP contribution in [-0.2, 0) is 16.0 Å². The van der Waals surface area contributed by atoms with Gasteiger partial charge < -0.3 is 15.4 Å². The molecule has 0 radical (unpaired) electrons. The number of nitrogens with one attached hydrogen (secondary N) is 3. The molecule has 0 aliphatic carbocycles. The van der Waals surface area contributed by atoms with Crippen molar-refractivity contribution < 1.29 is 14.3 Å². The van der Waals surface area contributed by atoms with E-state index in [0.717, 1.165) is 50.3 Å². The number of anilines is 1. The van der Waals surface area contributed by atoms with Gasteiger partial charge in [0.2, 0.25) is 5.91 Å². The van der Waals surface area contributed by atoms with Crippen molar-refractivity contribution in [3.05, 3.63) is 59.3 Å². The maximum absolute atomic E-state index is 12.5. The van der Waals surface area contributed by atoms with Gasteiger partial charge in [0.15, 0.2) is 11.5 Å². The zero-order valence-corrected chi connectivity index (χ0v) is 19.7. The summed E-state index contributed by atoms with van der Waals surface area (Å²) in [5.74, 6) is 0.592. The molecule has 4 heterocycles. The van der Waals surface area contributed by atoms with Crippen LogP contribution in [0.1, 0.15) is 71.9 Å². The molecule has 3 N–H and O–H groups in total. The van der Waals surface area contributed by atoms with Gasteiger partial charge in [-0.15, -0.1) is 10.2 Å². The van der Waals surface area contributed by atoms with Crippen molar-refractivity contribution >= 4 is 17.6 Å².